The van der Waals surface area contributed by atoms with Crippen LogP contribution in [0.1, 0.15) is 18.4 Å². The Morgan fingerprint density at radius 1 is 1.62 bits per heavy atom. The number of aromatic amines is 1. The van der Waals surface area contributed by atoms with E-state index >= 15 is 0 Å². The summed E-state index contributed by atoms with van der Waals surface area (Å²) in [6.45, 7) is 0.913. The molecule has 6 heteroatoms. The van der Waals surface area contributed by atoms with Gasteiger partial charge in [-0.1, -0.05) is 0 Å². The first-order valence-corrected chi connectivity index (χ1v) is 5.28. The summed E-state index contributed by atoms with van der Waals surface area (Å²) >= 11 is 0. The number of hydrogen-bond donors (Lipinski definition) is 3. The molecule has 2 rings (SSSR count). The van der Waals surface area contributed by atoms with E-state index in [1.54, 1.807) is 12.4 Å². The van der Waals surface area contributed by atoms with Gasteiger partial charge < -0.3 is 10.6 Å². The maximum atomic E-state index is 11.7. The Hall–Kier alpha value is -1.85. The van der Waals surface area contributed by atoms with Gasteiger partial charge in [0.05, 0.1) is 12.1 Å². The van der Waals surface area contributed by atoms with Gasteiger partial charge >= 0.3 is 0 Å². The molecule has 1 aromatic heterocycles. The van der Waals surface area contributed by atoms with Crippen LogP contribution < -0.4 is 10.6 Å². The van der Waals surface area contributed by atoms with Crippen LogP contribution in [0.15, 0.2) is 12.4 Å². The minimum atomic E-state index is -0.107. The molecule has 0 spiro atoms. The van der Waals surface area contributed by atoms with E-state index in [9.17, 15) is 9.59 Å². The summed E-state index contributed by atoms with van der Waals surface area (Å²) in [5, 5.41) is 12.0. The second kappa shape index (κ2) is 4.78. The lowest BCUT2D eigenvalue weighted by molar-refractivity contribution is -0.129. The number of aromatic nitrogens is 2. The van der Waals surface area contributed by atoms with E-state index in [1.807, 2.05) is 0 Å². The first-order valence-electron chi connectivity index (χ1n) is 5.28. The van der Waals surface area contributed by atoms with Gasteiger partial charge in [0.1, 0.15) is 0 Å². The summed E-state index contributed by atoms with van der Waals surface area (Å²) in [4.78, 5) is 22.6. The number of piperidine rings is 1. The molecular weight excluding hydrogens is 208 g/mol. The maximum absolute atomic E-state index is 11.7. The van der Waals surface area contributed by atoms with E-state index in [1.165, 1.54) is 0 Å². The molecule has 16 heavy (non-hydrogen) atoms. The van der Waals surface area contributed by atoms with Crippen LogP contribution in [0.3, 0.4) is 0 Å². The highest BCUT2D eigenvalue weighted by molar-refractivity contribution is 5.83. The average molecular weight is 222 g/mol. The van der Waals surface area contributed by atoms with Crippen molar-refractivity contribution in [2.24, 2.45) is 5.92 Å². The van der Waals surface area contributed by atoms with Gasteiger partial charge in [-0.25, -0.2) is 0 Å². The zero-order valence-electron chi connectivity index (χ0n) is 8.82. The number of carbonyl (C=O) groups excluding carboxylic acids is 2. The highest BCUT2D eigenvalue weighted by Crippen LogP contribution is 2.10. The van der Waals surface area contributed by atoms with Crippen molar-refractivity contribution in [3.63, 3.8) is 0 Å². The van der Waals surface area contributed by atoms with Crippen LogP contribution >= 0.6 is 0 Å². The van der Waals surface area contributed by atoms with Gasteiger partial charge in [-0.05, 0) is 6.42 Å². The van der Waals surface area contributed by atoms with Crippen LogP contribution in [0.25, 0.3) is 0 Å². The lowest BCUT2D eigenvalue weighted by atomic mass is 9.98. The molecule has 0 saturated carbocycles. The van der Waals surface area contributed by atoms with Gasteiger partial charge in [0.25, 0.3) is 0 Å². The highest BCUT2D eigenvalue weighted by Gasteiger charge is 2.23. The van der Waals surface area contributed by atoms with Crippen molar-refractivity contribution in [3.8, 4) is 0 Å². The van der Waals surface area contributed by atoms with Crippen LogP contribution in [0, 0.1) is 5.92 Å². The molecule has 1 aliphatic rings. The van der Waals surface area contributed by atoms with Crippen LogP contribution in [-0.2, 0) is 16.1 Å². The molecule has 3 N–H and O–H groups in total. The van der Waals surface area contributed by atoms with Gasteiger partial charge in [-0.15, -0.1) is 0 Å². The second-order valence-electron chi connectivity index (χ2n) is 3.86. The molecule has 0 aromatic carbocycles. The largest absolute Gasteiger partial charge is 0.355 e. The Labute approximate surface area is 92.8 Å². The van der Waals surface area contributed by atoms with Crippen molar-refractivity contribution in [2.45, 2.75) is 19.4 Å². The first kappa shape index (κ1) is 10.7. The van der Waals surface area contributed by atoms with E-state index in [4.69, 9.17) is 0 Å². The number of nitrogens with zero attached hydrogens (tertiary/aromatic N) is 1. The predicted molar refractivity (Wildman–Crippen MR) is 56.2 cm³/mol. The molecule has 0 radical (unpaired) electrons. The average Bonchev–Trinajstić information content (AvgIpc) is 2.80. The first-order chi connectivity index (χ1) is 7.75. The summed E-state index contributed by atoms with van der Waals surface area (Å²) in [5.41, 5.74) is 0.938. The SMILES string of the molecule is O=C1CCC(C(=O)NCc2cn[nH]c2)CN1. The summed E-state index contributed by atoms with van der Waals surface area (Å²) in [5.74, 6) is -0.0929. The quantitative estimate of drug-likeness (QED) is 0.647. The normalized spacial score (nSPS) is 20.2. The van der Waals surface area contributed by atoms with Crippen molar-refractivity contribution in [2.75, 3.05) is 6.54 Å². The molecule has 1 saturated heterocycles. The lowest BCUT2D eigenvalue weighted by Gasteiger charge is -2.21. The molecule has 1 fully saturated rings. The molecule has 1 unspecified atom stereocenters. The van der Waals surface area contributed by atoms with Crippen molar-refractivity contribution < 1.29 is 9.59 Å². The number of nitrogens with one attached hydrogen (secondary N) is 3. The van der Waals surface area contributed by atoms with Gasteiger partial charge in [-0.2, -0.15) is 5.10 Å². The standard InChI is InChI=1S/C10H14N4O2/c15-9-2-1-8(6-11-9)10(16)12-3-7-4-13-14-5-7/h4-5,8H,1-3,6H2,(H,11,15)(H,12,16)(H,13,14). The maximum Gasteiger partial charge on any atom is 0.225 e. The fourth-order valence-corrected chi connectivity index (χ4v) is 1.66. The summed E-state index contributed by atoms with van der Waals surface area (Å²) < 4.78 is 0. The minimum Gasteiger partial charge on any atom is -0.355 e. The van der Waals surface area contributed by atoms with Crippen LogP contribution in [0.2, 0.25) is 0 Å². The molecule has 0 aliphatic carbocycles. The van der Waals surface area contributed by atoms with Gasteiger partial charge in [0.2, 0.25) is 11.8 Å². The summed E-state index contributed by atoms with van der Waals surface area (Å²) in [6, 6.07) is 0. The number of rotatable bonds is 3. The molecule has 1 atom stereocenters. The Kier molecular flexibility index (Phi) is 3.19. The van der Waals surface area contributed by atoms with Gasteiger partial charge in [-0.3, -0.25) is 14.7 Å². The van der Waals surface area contributed by atoms with E-state index in [0.717, 1.165) is 5.56 Å². The lowest BCUT2D eigenvalue weighted by Crippen LogP contribution is -2.42. The van der Waals surface area contributed by atoms with Crippen LogP contribution in [-0.4, -0.2) is 28.6 Å². The molecule has 1 aliphatic heterocycles. The summed E-state index contributed by atoms with van der Waals surface area (Å²) in [6.07, 6.45) is 4.47. The predicted octanol–water partition coefficient (Wildman–Crippen LogP) is -0.448. The van der Waals surface area contributed by atoms with Crippen molar-refractivity contribution in [3.05, 3.63) is 18.0 Å². The number of amides is 2. The molecule has 1 aromatic rings. The number of hydrogen-bond acceptors (Lipinski definition) is 3. The van der Waals surface area contributed by atoms with Crippen molar-refractivity contribution in [1.82, 2.24) is 20.8 Å². The van der Waals surface area contributed by atoms with E-state index in [0.29, 0.717) is 25.9 Å². The topological polar surface area (TPSA) is 86.9 Å². The zero-order chi connectivity index (χ0) is 11.4. The third-order valence-electron chi connectivity index (χ3n) is 2.66. The van der Waals surface area contributed by atoms with Gasteiger partial charge in [0, 0.05) is 31.3 Å². The Bertz CT molecular complexity index is 364. The van der Waals surface area contributed by atoms with E-state index < -0.39 is 0 Å². The van der Waals surface area contributed by atoms with Gasteiger partial charge in [0.15, 0.2) is 0 Å². The molecule has 0 bridgehead atoms. The van der Waals surface area contributed by atoms with Crippen molar-refractivity contribution >= 4 is 11.8 Å². The molecule has 6 nitrogen and oxygen atoms in total. The third-order valence-corrected chi connectivity index (χ3v) is 2.66. The minimum absolute atomic E-state index is 0.0128. The van der Waals surface area contributed by atoms with E-state index in [-0.39, 0.29) is 17.7 Å². The van der Waals surface area contributed by atoms with Crippen LogP contribution in [0.5, 0.6) is 0 Å². The number of carbonyl (C=O) groups is 2. The van der Waals surface area contributed by atoms with E-state index in [2.05, 4.69) is 20.8 Å². The second-order valence-corrected chi connectivity index (χ2v) is 3.86. The molecular formula is C10H14N4O2. The van der Waals surface area contributed by atoms with Crippen LogP contribution in [0.4, 0.5) is 0 Å². The third kappa shape index (κ3) is 2.59. The van der Waals surface area contributed by atoms with Crippen molar-refractivity contribution in [1.29, 1.82) is 0 Å². The molecule has 2 amide bonds. The molecule has 2 heterocycles. The fraction of sp³-hybridized carbons (Fsp3) is 0.500. The Morgan fingerprint density at radius 2 is 2.50 bits per heavy atom. The fourth-order valence-electron chi connectivity index (χ4n) is 1.66. The number of H-pyrrole nitrogens is 1. The Balaban J connectivity index is 1.77. The monoisotopic (exact) mass is 222 g/mol. The highest BCUT2D eigenvalue weighted by atomic mass is 16.2. The Morgan fingerprint density at radius 3 is 3.12 bits per heavy atom. The zero-order valence-corrected chi connectivity index (χ0v) is 8.82. The summed E-state index contributed by atoms with van der Waals surface area (Å²) in [7, 11) is 0. The smallest absolute Gasteiger partial charge is 0.225 e. The molecule has 86 valence electrons.